The van der Waals surface area contributed by atoms with Gasteiger partial charge in [0, 0.05) is 18.6 Å². The fraction of sp³-hybridized carbons (Fsp3) is 0.738. The lowest BCUT2D eigenvalue weighted by Crippen LogP contribution is -2.53. The van der Waals surface area contributed by atoms with E-state index in [4.69, 9.17) is 18.3 Å². The fourth-order valence-corrected chi connectivity index (χ4v) is 12.7. The zero-order chi connectivity index (χ0) is 39.4. The van der Waals surface area contributed by atoms with Gasteiger partial charge in [0.25, 0.3) is 0 Å². The van der Waals surface area contributed by atoms with E-state index < -0.39 is 64.0 Å². The predicted molar refractivity (Wildman–Crippen MR) is 213 cm³/mol. The monoisotopic (exact) mass is 772 g/mol. The molecule has 2 heterocycles. The second-order valence-corrected chi connectivity index (χ2v) is 26.9. The van der Waals surface area contributed by atoms with Crippen LogP contribution in [0.4, 0.5) is 0 Å². The van der Waals surface area contributed by atoms with Crippen LogP contribution < -0.4 is 0 Å². The zero-order valence-electron chi connectivity index (χ0n) is 34.2. The van der Waals surface area contributed by atoms with Crippen LogP contribution in [0.15, 0.2) is 47.1 Å². The van der Waals surface area contributed by atoms with Crippen LogP contribution in [0.5, 0.6) is 0 Å². The second-order valence-electron chi connectivity index (χ2n) is 17.4. The number of ether oxygens (including phenoxy) is 2. The number of aliphatic hydroxyl groups excluding tert-OH is 1. The van der Waals surface area contributed by atoms with Gasteiger partial charge in [-0.1, -0.05) is 84.8 Å². The molecule has 0 spiro atoms. The molecule has 2 N–H and O–H groups in total. The van der Waals surface area contributed by atoms with Crippen molar-refractivity contribution in [3.63, 3.8) is 0 Å². The normalized spacial score (nSPS) is 29.5. The van der Waals surface area contributed by atoms with Gasteiger partial charge in [0.1, 0.15) is 6.10 Å². The number of aliphatic hydroxyl groups is 2. The summed E-state index contributed by atoms with van der Waals surface area (Å²) >= 11 is 0. The molecule has 0 saturated carbocycles. The molecule has 2 aliphatic carbocycles. The number of allylic oxidation sites excluding steroid dienone is 5. The number of esters is 2. The molecule has 0 aromatic rings. The number of carbonyl (C=O) groups excluding carboxylic acids is 3. The molecular formula is C42H68O9Si2. The smallest absolute Gasteiger partial charge is 0.342 e. The summed E-state index contributed by atoms with van der Waals surface area (Å²) in [5, 5.41) is 24.7. The van der Waals surface area contributed by atoms with Crippen molar-refractivity contribution in [2.75, 3.05) is 6.61 Å². The van der Waals surface area contributed by atoms with Crippen LogP contribution in [-0.4, -0.2) is 69.4 Å². The molecule has 1 saturated heterocycles. The van der Waals surface area contributed by atoms with Gasteiger partial charge in [-0.05, 0) is 106 Å². The molecule has 4 rings (SSSR count). The predicted octanol–water partition coefficient (Wildman–Crippen LogP) is 8.84. The van der Waals surface area contributed by atoms with Crippen molar-refractivity contribution >= 4 is 34.4 Å². The van der Waals surface area contributed by atoms with Crippen LogP contribution in [0.3, 0.4) is 0 Å². The Bertz CT molecular complexity index is 1460. The minimum atomic E-state index is -2.49. The molecule has 0 aromatic carbocycles. The van der Waals surface area contributed by atoms with Gasteiger partial charge < -0.3 is 28.5 Å². The zero-order valence-corrected chi connectivity index (χ0v) is 36.2. The van der Waals surface area contributed by atoms with Crippen LogP contribution in [-0.2, 0) is 32.7 Å². The van der Waals surface area contributed by atoms with E-state index in [9.17, 15) is 24.6 Å². The number of rotatable bonds is 20. The van der Waals surface area contributed by atoms with E-state index in [2.05, 4.69) is 72.9 Å². The summed E-state index contributed by atoms with van der Waals surface area (Å²) in [6.07, 6.45) is 13.6. The highest BCUT2D eigenvalue weighted by Gasteiger charge is 2.71. The number of carbonyl (C=O) groups is 3. The van der Waals surface area contributed by atoms with Gasteiger partial charge in [0.2, 0.25) is 0 Å². The maximum absolute atomic E-state index is 14.2. The molecule has 1 fully saturated rings. The molecule has 9 nitrogen and oxygen atoms in total. The average molecular weight is 773 g/mol. The molecule has 7 atom stereocenters. The minimum absolute atomic E-state index is 0.0252. The van der Waals surface area contributed by atoms with Gasteiger partial charge in [0.05, 0.1) is 16.9 Å². The maximum atomic E-state index is 14.2. The summed E-state index contributed by atoms with van der Waals surface area (Å²) in [7, 11) is -4.70. The molecule has 0 amide bonds. The summed E-state index contributed by atoms with van der Waals surface area (Å²) in [4.78, 5) is 41.6. The first-order valence-corrected chi connectivity index (χ1v) is 25.7. The fourth-order valence-electron chi connectivity index (χ4n) is 8.77. The molecule has 0 aromatic heterocycles. The maximum Gasteiger partial charge on any atom is 0.342 e. The summed E-state index contributed by atoms with van der Waals surface area (Å²) in [5.41, 5.74) is -0.527. The Labute approximate surface area is 320 Å². The quantitative estimate of drug-likeness (QED) is 0.0410. The Hall–Kier alpha value is -2.00. The van der Waals surface area contributed by atoms with E-state index >= 15 is 0 Å². The van der Waals surface area contributed by atoms with E-state index in [1.807, 2.05) is 26.0 Å². The molecule has 4 bridgehead atoms. The first-order valence-electron chi connectivity index (χ1n) is 20.3. The van der Waals surface area contributed by atoms with Gasteiger partial charge in [-0.2, -0.15) is 0 Å². The van der Waals surface area contributed by atoms with Gasteiger partial charge in [-0.25, -0.2) is 9.59 Å². The number of hydrogen-bond acceptors (Lipinski definition) is 9. The van der Waals surface area contributed by atoms with Crippen molar-refractivity contribution in [3.05, 3.63) is 47.1 Å². The third-order valence-corrected chi connectivity index (χ3v) is 22.5. The van der Waals surface area contributed by atoms with Crippen molar-refractivity contribution in [1.29, 1.82) is 0 Å². The standard InChI is InChI=1S/C42H68O9Si2/c1-11-16-18-19-20-22-23-29-25-34-41(28-48-53(13-3,14-4)15-5)27-31-35(38(45)49-37(31)44)36(42(34,47)50-39(41)46)30(29)26-33(32(43)24-21-17-12-2)51-52(9,10)40(6,7)8/h11-12,16-17,25,29-30,33,36,39,46-47H,13-15,18-24,26-28H2,1-10H3/b16-11+,17-12+/t29-,30+,33-,36+,39+,41-,42+/m1/s1. The van der Waals surface area contributed by atoms with Crippen molar-refractivity contribution in [2.45, 2.75) is 168 Å². The largest absolute Gasteiger partial charge is 0.416 e. The van der Waals surface area contributed by atoms with Crippen molar-refractivity contribution < 1.29 is 42.9 Å². The third-order valence-electron chi connectivity index (χ3n) is 13.3. The number of Topliss-reactive ketones (excluding diaryl/α,β-unsaturated/α-hetero) is 1. The van der Waals surface area contributed by atoms with Crippen LogP contribution in [0.25, 0.3) is 0 Å². The summed E-state index contributed by atoms with van der Waals surface area (Å²) in [6.45, 7) is 21.1. The molecular weight excluding hydrogens is 705 g/mol. The van der Waals surface area contributed by atoms with Gasteiger partial charge in [-0.15, -0.1) is 0 Å². The third kappa shape index (κ3) is 8.71. The van der Waals surface area contributed by atoms with Crippen LogP contribution in [0.2, 0.25) is 36.3 Å². The lowest BCUT2D eigenvalue weighted by Gasteiger charge is -2.47. The Morgan fingerprint density at radius 1 is 1.02 bits per heavy atom. The van der Waals surface area contributed by atoms with Crippen molar-refractivity contribution in [2.24, 2.45) is 23.2 Å². The highest BCUT2D eigenvalue weighted by Crippen LogP contribution is 2.64. The van der Waals surface area contributed by atoms with Gasteiger partial charge >= 0.3 is 11.9 Å². The number of fused-ring (bicyclic) bond motifs is 1. The van der Waals surface area contributed by atoms with Crippen LogP contribution >= 0.6 is 0 Å². The molecule has 2 aliphatic heterocycles. The molecule has 11 heteroatoms. The minimum Gasteiger partial charge on any atom is -0.416 e. The Kier molecular flexibility index (Phi) is 14.4. The van der Waals surface area contributed by atoms with Gasteiger partial charge in [-0.3, -0.25) is 4.79 Å². The summed E-state index contributed by atoms with van der Waals surface area (Å²) < 4.78 is 25.4. The lowest BCUT2D eigenvalue weighted by molar-refractivity contribution is -0.266. The topological polar surface area (TPSA) is 129 Å². The summed E-state index contributed by atoms with van der Waals surface area (Å²) in [6, 6.07) is 2.63. The molecule has 298 valence electrons. The Balaban J connectivity index is 1.90. The Morgan fingerprint density at radius 2 is 1.66 bits per heavy atom. The van der Waals surface area contributed by atoms with E-state index in [0.717, 1.165) is 50.2 Å². The highest BCUT2D eigenvalue weighted by molar-refractivity contribution is 6.74. The molecule has 0 radical (unpaired) electrons. The SMILES string of the molecule is C/C=C/CCCCC[C@@H]1C=C2[C@]3(CO[Si](CC)(CC)CC)CC4=C(C(=O)OC4=O)[C@H]([C@H]1C[C@@H](O[Si](C)(C)C(C)(C)C)C(=O)CC/C=C/C)[C@@]2(O)O[C@@H]3O. The van der Waals surface area contributed by atoms with E-state index in [1.54, 1.807) is 0 Å². The lowest BCUT2D eigenvalue weighted by atomic mass is 9.61. The second kappa shape index (κ2) is 17.4. The van der Waals surface area contributed by atoms with E-state index in [-0.39, 0.29) is 47.3 Å². The number of hydrogen-bond donors (Lipinski definition) is 2. The molecule has 53 heavy (non-hydrogen) atoms. The number of cyclic esters (lactones) is 2. The van der Waals surface area contributed by atoms with Crippen LogP contribution in [0.1, 0.15) is 113 Å². The van der Waals surface area contributed by atoms with E-state index in [0.29, 0.717) is 18.4 Å². The van der Waals surface area contributed by atoms with Crippen LogP contribution in [0, 0.1) is 23.2 Å². The summed E-state index contributed by atoms with van der Waals surface area (Å²) in [5.74, 6) is -5.46. The number of unbranched alkanes of at least 4 members (excludes halogenated alkanes) is 3. The average Bonchev–Trinajstić information content (AvgIpc) is 3.46. The number of ketones is 1. The first kappa shape index (κ1) is 43.7. The molecule has 4 aliphatic rings. The first-order chi connectivity index (χ1) is 24.9. The van der Waals surface area contributed by atoms with Gasteiger partial charge in [0.15, 0.2) is 34.5 Å². The Morgan fingerprint density at radius 3 is 2.26 bits per heavy atom. The molecule has 0 unspecified atom stereocenters. The van der Waals surface area contributed by atoms with Crippen molar-refractivity contribution in [3.8, 4) is 0 Å². The van der Waals surface area contributed by atoms with E-state index in [1.165, 1.54) is 0 Å². The van der Waals surface area contributed by atoms with Crippen molar-refractivity contribution in [1.82, 2.24) is 0 Å². The highest BCUT2D eigenvalue weighted by atomic mass is 28.4.